The molecule has 40 heavy (non-hydrogen) atoms. The third-order valence-electron chi connectivity index (χ3n) is 8.53. The number of benzene rings is 3. The second-order valence-corrected chi connectivity index (χ2v) is 16.7. The van der Waals surface area contributed by atoms with E-state index in [0.717, 1.165) is 0 Å². The molecule has 1 fully saturated rings. The number of hydrogen-bond donors (Lipinski definition) is 2. The summed E-state index contributed by atoms with van der Waals surface area (Å²) in [5.41, 5.74) is 1.23. The van der Waals surface area contributed by atoms with Crippen molar-refractivity contribution >= 4 is 24.9 Å². The normalized spacial score (nSPS) is 18.8. The van der Waals surface area contributed by atoms with Crippen LogP contribution in [0, 0.1) is 0 Å². The maximum Gasteiger partial charge on any atom is 0.206 e. The van der Waals surface area contributed by atoms with E-state index in [9.17, 15) is 15.0 Å². The molecule has 0 radical (unpaired) electrons. The second kappa shape index (κ2) is 10.4. The van der Waals surface area contributed by atoms with Crippen molar-refractivity contribution in [2.75, 3.05) is 33.5 Å². The molecular formula is C31H38O8Si. The molecule has 3 aromatic carbocycles. The summed E-state index contributed by atoms with van der Waals surface area (Å²) in [5, 5.41) is 23.4. The summed E-state index contributed by atoms with van der Waals surface area (Å²) in [6.07, 6.45) is 0.0438. The highest BCUT2D eigenvalue weighted by Gasteiger charge is 2.55. The van der Waals surface area contributed by atoms with Gasteiger partial charge >= 0.3 is 0 Å². The predicted molar refractivity (Wildman–Crippen MR) is 154 cm³/mol. The molecule has 0 aromatic heterocycles. The van der Waals surface area contributed by atoms with Crippen molar-refractivity contribution in [1.82, 2.24) is 0 Å². The van der Waals surface area contributed by atoms with Crippen molar-refractivity contribution in [3.05, 3.63) is 59.2 Å². The summed E-state index contributed by atoms with van der Waals surface area (Å²) in [7, 11) is -0.454. The Balaban J connectivity index is 1.63. The number of carbonyl (C=O) groups excluding carboxylic acids is 1. The van der Waals surface area contributed by atoms with E-state index in [2.05, 4.69) is 33.9 Å². The highest BCUT2D eigenvalue weighted by Crippen LogP contribution is 2.56. The smallest absolute Gasteiger partial charge is 0.206 e. The molecule has 1 atom stereocenters. The zero-order valence-electron chi connectivity index (χ0n) is 24.0. The van der Waals surface area contributed by atoms with Crippen LogP contribution in [0.25, 0.3) is 10.8 Å². The molecule has 2 aliphatic rings. The van der Waals surface area contributed by atoms with E-state index in [4.69, 9.17) is 23.4 Å². The van der Waals surface area contributed by atoms with Crippen LogP contribution in [0.5, 0.6) is 23.0 Å². The fourth-order valence-electron chi connectivity index (χ4n) is 5.50. The Hall–Kier alpha value is -3.11. The van der Waals surface area contributed by atoms with Gasteiger partial charge in [0.05, 0.1) is 43.8 Å². The third-order valence-corrected chi connectivity index (χ3v) is 13.1. The first-order chi connectivity index (χ1) is 18.9. The van der Waals surface area contributed by atoms with E-state index >= 15 is 0 Å². The Labute approximate surface area is 235 Å². The molecule has 0 amide bonds. The van der Waals surface area contributed by atoms with Crippen molar-refractivity contribution in [3.63, 3.8) is 0 Å². The van der Waals surface area contributed by atoms with Gasteiger partial charge in [0.15, 0.2) is 14.1 Å². The lowest BCUT2D eigenvalue weighted by atomic mass is 9.73. The first-order valence-corrected chi connectivity index (χ1v) is 16.5. The van der Waals surface area contributed by atoms with Gasteiger partial charge in [0.1, 0.15) is 29.6 Å². The lowest BCUT2D eigenvalue weighted by Gasteiger charge is -2.41. The summed E-state index contributed by atoms with van der Waals surface area (Å²) < 4.78 is 30.9. The van der Waals surface area contributed by atoms with Gasteiger partial charge < -0.3 is 33.6 Å². The Morgan fingerprint density at radius 2 is 1.73 bits per heavy atom. The molecule has 1 saturated heterocycles. The van der Waals surface area contributed by atoms with Crippen LogP contribution in [-0.4, -0.2) is 57.9 Å². The molecule has 1 heterocycles. The monoisotopic (exact) mass is 566 g/mol. The van der Waals surface area contributed by atoms with Crippen LogP contribution in [0.4, 0.5) is 0 Å². The van der Waals surface area contributed by atoms with Crippen LogP contribution in [0.3, 0.4) is 0 Å². The molecule has 1 spiro atoms. The Morgan fingerprint density at radius 3 is 2.40 bits per heavy atom. The maximum atomic E-state index is 13.4. The number of hydrogen-bond acceptors (Lipinski definition) is 8. The Morgan fingerprint density at radius 1 is 1.02 bits per heavy atom. The molecule has 8 nitrogen and oxygen atoms in total. The number of aromatic hydroxyl groups is 2. The highest BCUT2D eigenvalue weighted by molar-refractivity contribution is 6.74. The minimum absolute atomic E-state index is 0.0176. The minimum atomic E-state index is -2.00. The van der Waals surface area contributed by atoms with Crippen LogP contribution in [0.15, 0.2) is 42.5 Å². The van der Waals surface area contributed by atoms with Gasteiger partial charge in [-0.1, -0.05) is 45.0 Å². The summed E-state index contributed by atoms with van der Waals surface area (Å²) in [5.74, 6) is -1.37. The van der Waals surface area contributed by atoms with E-state index in [1.165, 1.54) is 6.07 Å². The summed E-state index contributed by atoms with van der Waals surface area (Å²) in [6.45, 7) is 12.2. The summed E-state index contributed by atoms with van der Waals surface area (Å²) in [6, 6.07) is 11.9. The quantitative estimate of drug-likeness (QED) is 0.256. The van der Waals surface area contributed by atoms with E-state index in [1.54, 1.807) is 31.4 Å². The first kappa shape index (κ1) is 28.4. The number of phenols is 2. The molecule has 0 saturated carbocycles. The second-order valence-electron chi connectivity index (χ2n) is 11.9. The predicted octanol–water partition coefficient (Wildman–Crippen LogP) is 6.23. The lowest BCUT2D eigenvalue weighted by Crippen LogP contribution is -2.42. The zero-order valence-corrected chi connectivity index (χ0v) is 25.0. The zero-order chi connectivity index (χ0) is 28.9. The van der Waals surface area contributed by atoms with Gasteiger partial charge in [-0.05, 0) is 36.3 Å². The minimum Gasteiger partial charge on any atom is -0.507 e. The molecular weight excluding hydrogens is 528 g/mol. The number of fused-ring (bicyclic) bond motifs is 3. The number of carbonyl (C=O) groups is 1. The molecule has 5 rings (SSSR count). The maximum absolute atomic E-state index is 13.4. The van der Waals surface area contributed by atoms with E-state index in [0.29, 0.717) is 58.8 Å². The van der Waals surface area contributed by atoms with Gasteiger partial charge in [0, 0.05) is 22.9 Å². The van der Waals surface area contributed by atoms with Gasteiger partial charge in [0.2, 0.25) is 5.79 Å². The Bertz CT molecular complexity index is 1440. The van der Waals surface area contributed by atoms with Crippen molar-refractivity contribution in [2.24, 2.45) is 0 Å². The molecule has 1 aliphatic heterocycles. The van der Waals surface area contributed by atoms with Crippen LogP contribution >= 0.6 is 0 Å². The average Bonchev–Trinajstić information content (AvgIpc) is 3.38. The average molecular weight is 567 g/mol. The number of Topliss-reactive ketones (excluding diaryl/α,β-unsaturated/α-hetero) is 1. The molecule has 1 aliphatic carbocycles. The standard InChI is InChI=1S/C31H38O8Si/c1-30(2,3)40(5,6)39-16-13-36-29-20-10-8-12-26(35-4)27(20)25(34)17-21(29)22-18-24(33)19-9-7-11-23(32)28(19)31(22)37-14-15-38-31/h7-12,17,22,32,34H,13-16,18H2,1-6H3/t22-/m1/s1. The molecule has 214 valence electrons. The van der Waals surface area contributed by atoms with Crippen molar-refractivity contribution in [3.8, 4) is 23.0 Å². The van der Waals surface area contributed by atoms with Gasteiger partial charge in [-0.15, -0.1) is 0 Å². The molecule has 9 heteroatoms. The highest BCUT2D eigenvalue weighted by atomic mass is 28.4. The molecule has 0 unspecified atom stereocenters. The fraction of sp³-hybridized carbons (Fsp3) is 0.452. The SMILES string of the molecule is COc1cccc2c(OCCO[Si](C)(C)C(C)(C)C)c([C@H]3CC(=O)c4cccc(O)c4C34OCCO4)cc(O)c12. The van der Waals surface area contributed by atoms with Gasteiger partial charge in [0.25, 0.3) is 0 Å². The van der Waals surface area contributed by atoms with Gasteiger partial charge in [-0.25, -0.2) is 0 Å². The van der Waals surface area contributed by atoms with E-state index in [-0.39, 0.29) is 35.3 Å². The fourth-order valence-corrected chi connectivity index (χ4v) is 6.53. The van der Waals surface area contributed by atoms with E-state index in [1.807, 2.05) is 12.1 Å². The summed E-state index contributed by atoms with van der Waals surface area (Å²) >= 11 is 0. The number of methoxy groups -OCH3 is 1. The molecule has 2 N–H and O–H groups in total. The number of ether oxygens (including phenoxy) is 4. The van der Waals surface area contributed by atoms with Crippen LogP contribution in [-0.2, 0) is 19.7 Å². The lowest BCUT2D eigenvalue weighted by molar-refractivity contribution is -0.187. The molecule has 3 aromatic rings. The number of rotatable bonds is 7. The van der Waals surface area contributed by atoms with Crippen molar-refractivity contribution in [1.29, 1.82) is 0 Å². The van der Waals surface area contributed by atoms with Crippen molar-refractivity contribution in [2.45, 2.75) is 57.0 Å². The van der Waals surface area contributed by atoms with Crippen LogP contribution in [0.2, 0.25) is 18.1 Å². The van der Waals surface area contributed by atoms with Crippen molar-refractivity contribution < 1.29 is 38.4 Å². The first-order valence-electron chi connectivity index (χ1n) is 13.6. The van der Waals surface area contributed by atoms with Gasteiger partial charge in [-0.2, -0.15) is 0 Å². The number of phenolic OH excluding ortho intramolecular Hbond substituents is 2. The van der Waals surface area contributed by atoms with E-state index < -0.39 is 20.0 Å². The topological polar surface area (TPSA) is 104 Å². The van der Waals surface area contributed by atoms with Crippen LogP contribution in [0.1, 0.15) is 54.6 Å². The van der Waals surface area contributed by atoms with Gasteiger partial charge in [-0.3, -0.25) is 4.79 Å². The Kier molecular flexibility index (Phi) is 7.37. The largest absolute Gasteiger partial charge is 0.507 e. The summed E-state index contributed by atoms with van der Waals surface area (Å²) in [4.78, 5) is 13.4. The number of ketones is 1. The third kappa shape index (κ3) is 4.64. The molecule has 0 bridgehead atoms. The van der Waals surface area contributed by atoms with Crippen LogP contribution < -0.4 is 9.47 Å².